The van der Waals surface area contributed by atoms with Gasteiger partial charge in [0.15, 0.2) is 0 Å². The van der Waals surface area contributed by atoms with Crippen LogP contribution in [0, 0.1) is 0 Å². The van der Waals surface area contributed by atoms with E-state index in [1.165, 1.54) is 6.21 Å². The van der Waals surface area contributed by atoms with Gasteiger partial charge in [-0.05, 0) is 29.8 Å². The lowest BCUT2D eigenvalue weighted by atomic mass is 10.2. The Labute approximate surface area is 102 Å². The largest absolute Gasteiger partial charge is 0.497 e. The molecule has 0 saturated carbocycles. The van der Waals surface area contributed by atoms with Crippen LogP contribution in [0.2, 0.25) is 0 Å². The van der Waals surface area contributed by atoms with E-state index >= 15 is 0 Å². The Morgan fingerprint density at radius 2 is 2.17 bits per heavy atom. The van der Waals surface area contributed by atoms with Crippen LogP contribution in [0.25, 0.3) is 0 Å². The number of carboxylic acid groups (broad SMARTS) is 1. The van der Waals surface area contributed by atoms with E-state index in [1.807, 2.05) is 12.1 Å². The zero-order valence-electron chi connectivity index (χ0n) is 9.49. The molecule has 0 unspecified atom stereocenters. The summed E-state index contributed by atoms with van der Waals surface area (Å²) in [5.74, 6) is -0.591. The van der Waals surface area contributed by atoms with Crippen LogP contribution < -0.4 is 4.74 Å². The van der Waals surface area contributed by atoms with E-state index in [1.54, 1.807) is 19.2 Å². The maximum Gasteiger partial charge on any atom is 0.373 e. The zero-order chi connectivity index (χ0) is 13.0. The highest BCUT2D eigenvalue weighted by molar-refractivity contribution is 5.84. The first-order chi connectivity index (χ1) is 8.69. The molecule has 2 N–H and O–H groups in total. The fraction of sp³-hybridized carbons (Fsp3) is 0.0909. The Hall–Kier alpha value is -2.70. The first-order valence-electron chi connectivity index (χ1n) is 5.03. The lowest BCUT2D eigenvalue weighted by molar-refractivity contribution is 0.0684. The minimum absolute atomic E-state index is 0.0724. The topological polar surface area (TPSA) is 100 Å². The van der Waals surface area contributed by atoms with Gasteiger partial charge >= 0.3 is 5.97 Å². The van der Waals surface area contributed by atoms with Gasteiger partial charge in [-0.25, -0.2) is 9.79 Å². The zero-order valence-corrected chi connectivity index (χ0v) is 9.49. The summed E-state index contributed by atoms with van der Waals surface area (Å²) < 4.78 is 5.02. The van der Waals surface area contributed by atoms with Crippen molar-refractivity contribution in [2.45, 2.75) is 0 Å². The number of nitrogens with zero attached hydrogens (tertiary/aromatic N) is 3. The van der Waals surface area contributed by atoms with Gasteiger partial charge in [0.1, 0.15) is 5.75 Å². The number of aromatic amines is 1. The van der Waals surface area contributed by atoms with Crippen molar-refractivity contribution in [2.24, 2.45) is 4.99 Å². The molecular weight excluding hydrogens is 236 g/mol. The third-order valence-corrected chi connectivity index (χ3v) is 2.12. The van der Waals surface area contributed by atoms with Gasteiger partial charge in [0.25, 0.3) is 5.95 Å². The minimum atomic E-state index is -1.17. The van der Waals surface area contributed by atoms with Crippen molar-refractivity contribution in [2.75, 3.05) is 7.11 Å². The molecule has 1 aromatic carbocycles. The highest BCUT2D eigenvalue weighted by Crippen LogP contribution is 2.10. The monoisotopic (exact) mass is 246 g/mol. The van der Waals surface area contributed by atoms with Crippen molar-refractivity contribution in [1.82, 2.24) is 15.2 Å². The SMILES string of the molecule is COc1ccc(C=Nc2n[nH]c(C(=O)O)n2)cc1. The Morgan fingerprint density at radius 1 is 1.44 bits per heavy atom. The Morgan fingerprint density at radius 3 is 2.72 bits per heavy atom. The fourth-order valence-electron chi connectivity index (χ4n) is 1.23. The Bertz CT molecular complexity index is 574. The lowest BCUT2D eigenvalue weighted by Gasteiger charge is -1.98. The number of carboxylic acids is 1. The molecule has 2 rings (SSSR count). The second kappa shape index (κ2) is 5.09. The molecule has 0 aliphatic carbocycles. The molecular formula is C11H10N4O3. The standard InChI is InChI=1S/C11H10N4O3/c1-18-8-4-2-7(3-5-8)6-12-11-13-9(10(16)17)14-15-11/h2-6H,1H3,(H,16,17)(H,13,14,15). The third-order valence-electron chi connectivity index (χ3n) is 2.12. The molecule has 0 amide bonds. The summed E-state index contributed by atoms with van der Waals surface area (Å²) >= 11 is 0. The van der Waals surface area contributed by atoms with Gasteiger partial charge in [-0.2, -0.15) is 4.98 Å². The van der Waals surface area contributed by atoms with Crippen molar-refractivity contribution in [3.63, 3.8) is 0 Å². The number of aromatic nitrogens is 3. The maximum atomic E-state index is 10.6. The molecule has 92 valence electrons. The average molecular weight is 246 g/mol. The molecule has 18 heavy (non-hydrogen) atoms. The number of aliphatic imine (C=N–C) groups is 1. The van der Waals surface area contributed by atoms with Crippen molar-refractivity contribution in [3.8, 4) is 5.75 Å². The van der Waals surface area contributed by atoms with Gasteiger partial charge in [0, 0.05) is 6.21 Å². The first kappa shape index (κ1) is 11.8. The van der Waals surface area contributed by atoms with Crippen LogP contribution >= 0.6 is 0 Å². The second-order valence-electron chi connectivity index (χ2n) is 3.32. The van der Waals surface area contributed by atoms with Crippen molar-refractivity contribution in [1.29, 1.82) is 0 Å². The number of hydrogen-bond acceptors (Lipinski definition) is 5. The van der Waals surface area contributed by atoms with Crippen LogP contribution in [0.1, 0.15) is 16.2 Å². The molecule has 1 heterocycles. The van der Waals surface area contributed by atoms with Crippen LogP contribution in [-0.4, -0.2) is 39.6 Å². The van der Waals surface area contributed by atoms with E-state index in [4.69, 9.17) is 9.84 Å². The number of benzene rings is 1. The Kier molecular flexibility index (Phi) is 3.33. The summed E-state index contributed by atoms with van der Waals surface area (Å²) in [6, 6.07) is 7.21. The van der Waals surface area contributed by atoms with E-state index in [0.29, 0.717) is 0 Å². The number of carbonyl (C=O) groups is 1. The lowest BCUT2D eigenvalue weighted by Crippen LogP contribution is -1.98. The average Bonchev–Trinajstić information content (AvgIpc) is 2.86. The molecule has 7 heteroatoms. The molecule has 7 nitrogen and oxygen atoms in total. The quantitative estimate of drug-likeness (QED) is 0.791. The van der Waals surface area contributed by atoms with E-state index in [-0.39, 0.29) is 11.8 Å². The molecule has 1 aromatic heterocycles. The molecule has 2 aromatic rings. The predicted molar refractivity (Wildman–Crippen MR) is 63.6 cm³/mol. The van der Waals surface area contributed by atoms with Crippen molar-refractivity contribution < 1.29 is 14.6 Å². The van der Waals surface area contributed by atoms with Crippen LogP contribution in [0.5, 0.6) is 5.75 Å². The van der Waals surface area contributed by atoms with Crippen molar-refractivity contribution >= 4 is 18.1 Å². The molecule has 0 aliphatic rings. The Balaban J connectivity index is 2.11. The first-order valence-corrected chi connectivity index (χ1v) is 5.03. The van der Waals surface area contributed by atoms with Crippen molar-refractivity contribution in [3.05, 3.63) is 35.7 Å². The molecule has 0 atom stereocenters. The number of methoxy groups -OCH3 is 1. The van der Waals surface area contributed by atoms with E-state index in [2.05, 4.69) is 20.2 Å². The van der Waals surface area contributed by atoms with Gasteiger partial charge in [-0.15, -0.1) is 5.10 Å². The number of rotatable bonds is 4. The molecule has 0 spiro atoms. The molecule has 0 saturated heterocycles. The van der Waals surface area contributed by atoms with E-state index < -0.39 is 5.97 Å². The van der Waals surface area contributed by atoms with Crippen LogP contribution in [0.15, 0.2) is 29.3 Å². The smallest absolute Gasteiger partial charge is 0.373 e. The van der Waals surface area contributed by atoms with Gasteiger partial charge < -0.3 is 9.84 Å². The highest BCUT2D eigenvalue weighted by atomic mass is 16.5. The van der Waals surface area contributed by atoms with Crippen LogP contribution in [0.3, 0.4) is 0 Å². The summed E-state index contributed by atoms with van der Waals surface area (Å²) in [7, 11) is 1.59. The summed E-state index contributed by atoms with van der Waals surface area (Å²) in [6.07, 6.45) is 1.54. The van der Waals surface area contributed by atoms with Gasteiger partial charge in [0.2, 0.25) is 5.82 Å². The number of aromatic carboxylic acids is 1. The van der Waals surface area contributed by atoms with E-state index in [9.17, 15) is 4.79 Å². The van der Waals surface area contributed by atoms with Gasteiger partial charge in [-0.1, -0.05) is 0 Å². The number of H-pyrrole nitrogens is 1. The molecule has 0 bridgehead atoms. The molecule has 0 fully saturated rings. The van der Waals surface area contributed by atoms with Gasteiger partial charge in [0.05, 0.1) is 7.11 Å². The normalized spacial score (nSPS) is 10.7. The minimum Gasteiger partial charge on any atom is -0.497 e. The fourth-order valence-corrected chi connectivity index (χ4v) is 1.23. The predicted octanol–water partition coefficient (Wildman–Crippen LogP) is 1.26. The number of ether oxygens (including phenoxy) is 1. The third kappa shape index (κ3) is 2.70. The highest BCUT2D eigenvalue weighted by Gasteiger charge is 2.07. The van der Waals surface area contributed by atoms with E-state index in [0.717, 1.165) is 11.3 Å². The maximum absolute atomic E-state index is 10.6. The summed E-state index contributed by atoms with van der Waals surface area (Å²) in [5, 5.41) is 14.6. The number of nitrogens with one attached hydrogen (secondary N) is 1. The van der Waals surface area contributed by atoms with Crippen LogP contribution in [-0.2, 0) is 0 Å². The number of hydrogen-bond donors (Lipinski definition) is 2. The summed E-state index contributed by atoms with van der Waals surface area (Å²) in [4.78, 5) is 18.2. The molecule has 0 radical (unpaired) electrons. The summed E-state index contributed by atoms with van der Waals surface area (Å²) in [6.45, 7) is 0. The molecule has 0 aliphatic heterocycles. The second-order valence-corrected chi connectivity index (χ2v) is 3.32. The van der Waals surface area contributed by atoms with Crippen LogP contribution in [0.4, 0.5) is 5.95 Å². The summed E-state index contributed by atoms with van der Waals surface area (Å²) in [5.41, 5.74) is 0.831. The van der Waals surface area contributed by atoms with Gasteiger partial charge in [-0.3, -0.25) is 5.10 Å².